The molecule has 2 aromatic heterocycles. The van der Waals surface area contributed by atoms with E-state index in [1.807, 2.05) is 17.5 Å². The highest BCUT2D eigenvalue weighted by molar-refractivity contribution is 7.89. The maximum absolute atomic E-state index is 12.1. The van der Waals surface area contributed by atoms with Gasteiger partial charge in [0.25, 0.3) is 5.91 Å². The van der Waals surface area contributed by atoms with Crippen molar-refractivity contribution < 1.29 is 13.2 Å². The molecular formula is C17H13N3O3S3. The number of hydrogen-bond acceptors (Lipinski definition) is 5. The van der Waals surface area contributed by atoms with Gasteiger partial charge in [-0.05, 0) is 35.7 Å². The van der Waals surface area contributed by atoms with Crippen LogP contribution in [0.4, 0.5) is 0 Å². The van der Waals surface area contributed by atoms with Crippen LogP contribution in [0.25, 0.3) is 16.3 Å². The van der Waals surface area contributed by atoms with Crippen LogP contribution in [-0.2, 0) is 21.4 Å². The number of primary sulfonamides is 1. The van der Waals surface area contributed by atoms with E-state index in [-0.39, 0.29) is 11.4 Å². The molecule has 0 fully saturated rings. The number of amides is 1. The molecule has 1 amide bonds. The van der Waals surface area contributed by atoms with Gasteiger partial charge in [0.05, 0.1) is 21.7 Å². The molecule has 9 heteroatoms. The van der Waals surface area contributed by atoms with Gasteiger partial charge in [0.2, 0.25) is 10.0 Å². The first-order chi connectivity index (χ1) is 12.4. The average Bonchev–Trinajstić information content (AvgIpc) is 3.20. The molecule has 26 heavy (non-hydrogen) atoms. The van der Waals surface area contributed by atoms with E-state index < -0.39 is 15.9 Å². The highest BCUT2D eigenvalue weighted by Crippen LogP contribution is 2.21. The van der Waals surface area contributed by atoms with Crippen molar-refractivity contribution in [1.29, 1.82) is 0 Å². The van der Waals surface area contributed by atoms with Gasteiger partial charge < -0.3 is 4.57 Å². The summed E-state index contributed by atoms with van der Waals surface area (Å²) in [6, 6.07) is 8.24. The van der Waals surface area contributed by atoms with Crippen LogP contribution in [0.5, 0.6) is 0 Å². The van der Waals surface area contributed by atoms with Gasteiger partial charge in [-0.3, -0.25) is 4.79 Å². The zero-order valence-corrected chi connectivity index (χ0v) is 15.8. The van der Waals surface area contributed by atoms with E-state index in [2.05, 4.69) is 10.9 Å². The monoisotopic (exact) mass is 403 g/mol. The molecule has 0 aliphatic carbocycles. The van der Waals surface area contributed by atoms with Crippen molar-refractivity contribution in [2.75, 3.05) is 0 Å². The fourth-order valence-electron chi connectivity index (χ4n) is 2.23. The summed E-state index contributed by atoms with van der Waals surface area (Å²) in [5.41, 5.74) is 0.689. The van der Waals surface area contributed by atoms with Crippen LogP contribution in [0.1, 0.15) is 4.88 Å². The van der Waals surface area contributed by atoms with Gasteiger partial charge in [-0.2, -0.15) is 4.99 Å². The largest absolute Gasteiger partial charge is 0.305 e. The number of benzene rings is 1. The molecule has 2 N–H and O–H groups in total. The maximum Gasteiger partial charge on any atom is 0.272 e. The lowest BCUT2D eigenvalue weighted by atomic mass is 10.3. The summed E-state index contributed by atoms with van der Waals surface area (Å²) in [7, 11) is -3.82. The van der Waals surface area contributed by atoms with Gasteiger partial charge in [-0.1, -0.05) is 23.3 Å². The minimum Gasteiger partial charge on any atom is -0.305 e. The number of terminal acetylenes is 1. The quantitative estimate of drug-likeness (QED) is 0.534. The molecule has 0 aliphatic heterocycles. The van der Waals surface area contributed by atoms with Gasteiger partial charge in [0.1, 0.15) is 0 Å². The van der Waals surface area contributed by atoms with Crippen LogP contribution in [0.2, 0.25) is 0 Å². The van der Waals surface area contributed by atoms with Crippen molar-refractivity contribution >= 4 is 54.9 Å². The summed E-state index contributed by atoms with van der Waals surface area (Å²) in [5.74, 6) is 2.09. The highest BCUT2D eigenvalue weighted by Gasteiger charge is 2.12. The molecule has 1 aromatic carbocycles. The fourth-order valence-corrected chi connectivity index (χ4v) is 4.54. The van der Waals surface area contributed by atoms with Crippen molar-refractivity contribution in [3.05, 3.63) is 51.5 Å². The Bertz CT molecular complexity index is 1210. The molecule has 0 aliphatic rings. The Balaban J connectivity index is 2.07. The topological polar surface area (TPSA) is 94.5 Å². The SMILES string of the molecule is C#CCn1c(=NC(=O)C=Cc2cccs2)sc2cc(S(N)(=O)=O)ccc21. The molecule has 132 valence electrons. The lowest BCUT2D eigenvalue weighted by Crippen LogP contribution is -2.16. The number of thiophene rings is 1. The summed E-state index contributed by atoms with van der Waals surface area (Å²) < 4.78 is 25.4. The molecule has 0 bridgehead atoms. The smallest absolute Gasteiger partial charge is 0.272 e. The van der Waals surface area contributed by atoms with E-state index in [9.17, 15) is 13.2 Å². The Morgan fingerprint density at radius 1 is 1.38 bits per heavy atom. The second kappa shape index (κ2) is 7.39. The van der Waals surface area contributed by atoms with E-state index in [0.29, 0.717) is 15.0 Å². The summed E-state index contributed by atoms with van der Waals surface area (Å²) >= 11 is 2.69. The average molecular weight is 404 g/mol. The molecular weight excluding hydrogens is 390 g/mol. The first-order valence-electron chi connectivity index (χ1n) is 7.28. The number of sulfonamides is 1. The number of fused-ring (bicyclic) bond motifs is 1. The number of thiazole rings is 1. The summed E-state index contributed by atoms with van der Waals surface area (Å²) in [4.78, 5) is 17.6. The minimum absolute atomic E-state index is 0.00502. The molecule has 2 heterocycles. The van der Waals surface area contributed by atoms with E-state index in [0.717, 1.165) is 4.88 Å². The van der Waals surface area contributed by atoms with Gasteiger partial charge >= 0.3 is 0 Å². The van der Waals surface area contributed by atoms with Crippen molar-refractivity contribution in [2.24, 2.45) is 10.1 Å². The third-order valence-corrected chi connectivity index (χ3v) is 6.16. The minimum atomic E-state index is -3.82. The van der Waals surface area contributed by atoms with E-state index in [1.54, 1.807) is 16.7 Å². The predicted molar refractivity (Wildman–Crippen MR) is 104 cm³/mol. The number of carbonyl (C=O) groups excluding carboxylic acids is 1. The number of hydrogen-bond donors (Lipinski definition) is 1. The molecule has 6 nitrogen and oxygen atoms in total. The van der Waals surface area contributed by atoms with E-state index >= 15 is 0 Å². The zero-order chi connectivity index (χ0) is 18.7. The predicted octanol–water partition coefficient (Wildman–Crippen LogP) is 2.19. The molecule has 0 atom stereocenters. The van der Waals surface area contributed by atoms with E-state index in [4.69, 9.17) is 11.6 Å². The molecule has 0 saturated carbocycles. The van der Waals surface area contributed by atoms with Crippen LogP contribution in [0, 0.1) is 12.3 Å². The molecule has 0 unspecified atom stereocenters. The van der Waals surface area contributed by atoms with Gasteiger partial charge in [0.15, 0.2) is 4.80 Å². The van der Waals surface area contributed by atoms with E-state index in [1.165, 1.54) is 40.9 Å². The first kappa shape index (κ1) is 18.3. The number of aromatic nitrogens is 1. The molecule has 3 aromatic rings. The Labute approximate surface area is 158 Å². The molecule has 0 saturated heterocycles. The zero-order valence-electron chi connectivity index (χ0n) is 13.3. The van der Waals surface area contributed by atoms with Crippen molar-refractivity contribution in [3.63, 3.8) is 0 Å². The molecule has 0 spiro atoms. The fraction of sp³-hybridized carbons (Fsp3) is 0.0588. The lowest BCUT2D eigenvalue weighted by molar-refractivity contribution is -0.113. The Kier molecular flexibility index (Phi) is 5.20. The van der Waals surface area contributed by atoms with Crippen molar-refractivity contribution in [3.8, 4) is 12.3 Å². The van der Waals surface area contributed by atoms with Crippen LogP contribution in [0.15, 0.2) is 51.7 Å². The Morgan fingerprint density at radius 3 is 2.85 bits per heavy atom. The van der Waals surface area contributed by atoms with Crippen LogP contribution in [-0.4, -0.2) is 18.9 Å². The molecule has 0 radical (unpaired) electrons. The second-order valence-electron chi connectivity index (χ2n) is 5.15. The van der Waals surface area contributed by atoms with Crippen LogP contribution < -0.4 is 9.94 Å². The Hall–Kier alpha value is -2.51. The number of nitrogens with two attached hydrogens (primary N) is 1. The van der Waals surface area contributed by atoms with Gasteiger partial charge in [-0.15, -0.1) is 17.8 Å². The number of carbonyl (C=O) groups is 1. The van der Waals surface area contributed by atoms with Crippen molar-refractivity contribution in [2.45, 2.75) is 11.4 Å². The Morgan fingerprint density at radius 2 is 2.19 bits per heavy atom. The summed E-state index contributed by atoms with van der Waals surface area (Å²) in [6.07, 6.45) is 8.48. The third-order valence-electron chi connectivity index (χ3n) is 3.37. The summed E-state index contributed by atoms with van der Waals surface area (Å²) in [6.45, 7) is 0.204. The van der Waals surface area contributed by atoms with Crippen molar-refractivity contribution in [1.82, 2.24) is 4.57 Å². The van der Waals surface area contributed by atoms with Crippen LogP contribution in [0.3, 0.4) is 0 Å². The maximum atomic E-state index is 12.1. The summed E-state index contributed by atoms with van der Waals surface area (Å²) in [5, 5.41) is 7.08. The number of rotatable bonds is 4. The highest BCUT2D eigenvalue weighted by atomic mass is 32.2. The van der Waals surface area contributed by atoms with Gasteiger partial charge in [0, 0.05) is 11.0 Å². The molecule has 3 rings (SSSR count). The van der Waals surface area contributed by atoms with Gasteiger partial charge in [-0.25, -0.2) is 13.6 Å². The standard InChI is InChI=1S/C17H13N3O3S3/c1-2-9-20-14-7-6-13(26(18,22)23)11-15(14)25-17(20)19-16(21)8-5-12-4-3-10-24-12/h1,3-8,10-11H,9H2,(H2,18,22,23). The van der Waals surface area contributed by atoms with Crippen LogP contribution >= 0.6 is 22.7 Å². The normalized spacial score (nSPS) is 12.7. The number of nitrogens with zero attached hydrogens (tertiary/aromatic N) is 2. The lowest BCUT2D eigenvalue weighted by Gasteiger charge is -2.01. The second-order valence-corrected chi connectivity index (χ2v) is 8.70. The third kappa shape index (κ3) is 4.00. The first-order valence-corrected chi connectivity index (χ1v) is 10.5.